The van der Waals surface area contributed by atoms with E-state index < -0.39 is 6.10 Å². The summed E-state index contributed by atoms with van der Waals surface area (Å²) in [5, 5.41) is 9.43. The Balaban J connectivity index is 3.62. The number of ether oxygens (including phenoxy) is 2. The maximum absolute atomic E-state index is 12.0. The minimum Gasteiger partial charge on any atom is -0.462 e. The first-order valence-corrected chi connectivity index (χ1v) is 14.5. The highest BCUT2D eigenvalue weighted by molar-refractivity contribution is 5.70. The standard InChI is InChI=1S/C29H56O5/c1-4-6-7-8-9-10-11-12-17-20-23-29(32)34-27(24-30)25-33-28(31)22-19-16-14-13-15-18-21-26(3)5-2/h26-27,30H,4-25H2,1-3H3/t26?,27-/m0/s1. The third-order valence-electron chi connectivity index (χ3n) is 6.69. The Morgan fingerprint density at radius 1 is 0.676 bits per heavy atom. The number of hydrogen-bond donors (Lipinski definition) is 1. The zero-order valence-corrected chi connectivity index (χ0v) is 22.8. The van der Waals surface area contributed by atoms with Crippen LogP contribution in [0, 0.1) is 5.92 Å². The highest BCUT2D eigenvalue weighted by Gasteiger charge is 2.16. The van der Waals surface area contributed by atoms with Crippen LogP contribution in [0.1, 0.15) is 149 Å². The molecule has 0 aliphatic carbocycles. The molecule has 0 saturated heterocycles. The van der Waals surface area contributed by atoms with E-state index in [1.807, 2.05) is 0 Å². The van der Waals surface area contributed by atoms with Crippen molar-refractivity contribution in [2.45, 2.75) is 155 Å². The number of carbonyl (C=O) groups is 2. The molecule has 2 atom stereocenters. The molecule has 0 spiro atoms. The zero-order chi connectivity index (χ0) is 25.3. The van der Waals surface area contributed by atoms with E-state index in [-0.39, 0.29) is 25.2 Å². The topological polar surface area (TPSA) is 72.8 Å². The quantitative estimate of drug-likeness (QED) is 0.105. The lowest BCUT2D eigenvalue weighted by Crippen LogP contribution is -2.28. The molecule has 0 saturated carbocycles. The van der Waals surface area contributed by atoms with Gasteiger partial charge in [0.2, 0.25) is 0 Å². The zero-order valence-electron chi connectivity index (χ0n) is 22.8. The summed E-state index contributed by atoms with van der Waals surface area (Å²) in [6.45, 7) is 6.41. The van der Waals surface area contributed by atoms with Gasteiger partial charge < -0.3 is 14.6 Å². The number of aliphatic hydroxyl groups excluding tert-OH is 1. The number of hydrogen-bond acceptors (Lipinski definition) is 5. The monoisotopic (exact) mass is 484 g/mol. The molecule has 0 aromatic heterocycles. The van der Waals surface area contributed by atoms with Gasteiger partial charge in [-0.15, -0.1) is 0 Å². The predicted molar refractivity (Wildman–Crippen MR) is 141 cm³/mol. The van der Waals surface area contributed by atoms with Gasteiger partial charge in [0.1, 0.15) is 6.61 Å². The summed E-state index contributed by atoms with van der Waals surface area (Å²) in [7, 11) is 0. The SMILES string of the molecule is CCCCCCCCCCCCC(=O)O[C@@H](CO)COC(=O)CCCCCCCCC(C)CC. The van der Waals surface area contributed by atoms with Crippen LogP contribution in [0.3, 0.4) is 0 Å². The molecule has 1 unspecified atom stereocenters. The summed E-state index contributed by atoms with van der Waals surface area (Å²) >= 11 is 0. The molecule has 0 bridgehead atoms. The van der Waals surface area contributed by atoms with E-state index in [0.29, 0.717) is 12.8 Å². The fourth-order valence-corrected chi connectivity index (χ4v) is 4.06. The van der Waals surface area contributed by atoms with E-state index in [9.17, 15) is 14.7 Å². The van der Waals surface area contributed by atoms with Crippen molar-refractivity contribution in [3.63, 3.8) is 0 Å². The van der Waals surface area contributed by atoms with Gasteiger partial charge in [-0.05, 0) is 18.8 Å². The molecule has 0 aliphatic rings. The van der Waals surface area contributed by atoms with E-state index in [1.54, 1.807) is 0 Å². The van der Waals surface area contributed by atoms with E-state index in [4.69, 9.17) is 9.47 Å². The number of unbranched alkanes of at least 4 members (excludes halogenated alkanes) is 14. The minimum atomic E-state index is -0.759. The summed E-state index contributed by atoms with van der Waals surface area (Å²) in [6, 6.07) is 0. The van der Waals surface area contributed by atoms with Crippen molar-refractivity contribution in [1.82, 2.24) is 0 Å². The molecular weight excluding hydrogens is 428 g/mol. The third kappa shape index (κ3) is 22.7. The maximum atomic E-state index is 12.0. The average Bonchev–Trinajstić information content (AvgIpc) is 2.84. The molecule has 0 aromatic carbocycles. The van der Waals surface area contributed by atoms with Gasteiger partial charge >= 0.3 is 11.9 Å². The highest BCUT2D eigenvalue weighted by atomic mass is 16.6. The lowest BCUT2D eigenvalue weighted by atomic mass is 10.00. The Morgan fingerprint density at radius 2 is 1.15 bits per heavy atom. The van der Waals surface area contributed by atoms with Gasteiger partial charge in [0, 0.05) is 12.8 Å². The number of carbonyl (C=O) groups excluding carboxylic acids is 2. The van der Waals surface area contributed by atoms with Gasteiger partial charge in [-0.1, -0.05) is 124 Å². The Hall–Kier alpha value is -1.10. The van der Waals surface area contributed by atoms with Crippen molar-refractivity contribution in [3.05, 3.63) is 0 Å². The van der Waals surface area contributed by atoms with E-state index in [0.717, 1.165) is 44.4 Å². The molecule has 34 heavy (non-hydrogen) atoms. The number of aliphatic hydroxyl groups is 1. The maximum Gasteiger partial charge on any atom is 0.306 e. The molecule has 0 radical (unpaired) electrons. The molecule has 0 aromatic rings. The summed E-state index contributed by atoms with van der Waals surface area (Å²) in [6.07, 6.45) is 21.5. The largest absolute Gasteiger partial charge is 0.462 e. The molecule has 0 aliphatic heterocycles. The molecule has 5 nitrogen and oxygen atoms in total. The second kappa shape index (κ2) is 25.0. The predicted octanol–water partition coefficient (Wildman–Crippen LogP) is 7.91. The fraction of sp³-hybridized carbons (Fsp3) is 0.931. The summed E-state index contributed by atoms with van der Waals surface area (Å²) < 4.78 is 10.5. The molecule has 5 heteroatoms. The van der Waals surface area contributed by atoms with E-state index >= 15 is 0 Å². The van der Waals surface area contributed by atoms with Crippen LogP contribution in [-0.4, -0.2) is 36.4 Å². The number of rotatable bonds is 25. The molecule has 0 rings (SSSR count). The molecule has 202 valence electrons. The summed E-state index contributed by atoms with van der Waals surface area (Å²) in [5.41, 5.74) is 0. The van der Waals surface area contributed by atoms with Gasteiger partial charge in [0.15, 0.2) is 6.10 Å². The molecule has 0 amide bonds. The van der Waals surface area contributed by atoms with Crippen molar-refractivity contribution < 1.29 is 24.2 Å². The first-order valence-electron chi connectivity index (χ1n) is 14.5. The van der Waals surface area contributed by atoms with Crippen molar-refractivity contribution in [3.8, 4) is 0 Å². The van der Waals surface area contributed by atoms with E-state index in [1.165, 1.54) is 77.0 Å². The van der Waals surface area contributed by atoms with Crippen LogP contribution in [0.15, 0.2) is 0 Å². The van der Waals surface area contributed by atoms with Crippen LogP contribution < -0.4 is 0 Å². The second-order valence-corrected chi connectivity index (χ2v) is 10.1. The Morgan fingerprint density at radius 3 is 1.65 bits per heavy atom. The molecule has 0 heterocycles. The van der Waals surface area contributed by atoms with Crippen molar-refractivity contribution in [1.29, 1.82) is 0 Å². The van der Waals surface area contributed by atoms with Crippen molar-refractivity contribution >= 4 is 11.9 Å². The summed E-state index contributed by atoms with van der Waals surface area (Å²) in [5.74, 6) is 0.237. The van der Waals surface area contributed by atoms with Crippen LogP contribution >= 0.6 is 0 Å². The first kappa shape index (κ1) is 32.9. The van der Waals surface area contributed by atoms with Gasteiger partial charge in [0.05, 0.1) is 6.61 Å². The van der Waals surface area contributed by atoms with Gasteiger partial charge in [-0.25, -0.2) is 0 Å². The van der Waals surface area contributed by atoms with Crippen LogP contribution in [0.2, 0.25) is 0 Å². The summed E-state index contributed by atoms with van der Waals surface area (Å²) in [4.78, 5) is 23.9. The molecule has 1 N–H and O–H groups in total. The average molecular weight is 485 g/mol. The number of esters is 2. The van der Waals surface area contributed by atoms with Crippen molar-refractivity contribution in [2.24, 2.45) is 5.92 Å². The lowest BCUT2D eigenvalue weighted by molar-refractivity contribution is -0.161. The van der Waals surface area contributed by atoms with E-state index in [2.05, 4.69) is 20.8 Å². The van der Waals surface area contributed by atoms with Gasteiger partial charge in [-0.3, -0.25) is 9.59 Å². The van der Waals surface area contributed by atoms with Crippen LogP contribution in [0.4, 0.5) is 0 Å². The first-order chi connectivity index (χ1) is 16.5. The normalized spacial score (nSPS) is 12.9. The van der Waals surface area contributed by atoms with Crippen LogP contribution in [0.5, 0.6) is 0 Å². The van der Waals surface area contributed by atoms with Crippen LogP contribution in [0.25, 0.3) is 0 Å². The van der Waals surface area contributed by atoms with Gasteiger partial charge in [0.25, 0.3) is 0 Å². The Labute approximate surface area is 210 Å². The smallest absolute Gasteiger partial charge is 0.306 e. The highest BCUT2D eigenvalue weighted by Crippen LogP contribution is 2.15. The van der Waals surface area contributed by atoms with Crippen molar-refractivity contribution in [2.75, 3.05) is 13.2 Å². The third-order valence-corrected chi connectivity index (χ3v) is 6.69. The molecule has 0 fully saturated rings. The fourth-order valence-electron chi connectivity index (χ4n) is 4.06. The van der Waals surface area contributed by atoms with Crippen LogP contribution in [-0.2, 0) is 19.1 Å². The second-order valence-electron chi connectivity index (χ2n) is 10.1. The minimum absolute atomic E-state index is 0.0608. The van der Waals surface area contributed by atoms with Gasteiger partial charge in [-0.2, -0.15) is 0 Å². The Kier molecular flexibility index (Phi) is 24.2. The lowest BCUT2D eigenvalue weighted by Gasteiger charge is -2.15. The Bertz CT molecular complexity index is 465. The molecular formula is C29H56O5.